The van der Waals surface area contributed by atoms with E-state index in [1.54, 1.807) is 25.3 Å². The van der Waals surface area contributed by atoms with Crippen LogP contribution in [-0.2, 0) is 4.74 Å². The van der Waals surface area contributed by atoms with Crippen LogP contribution in [0.2, 0.25) is 10.0 Å². The van der Waals surface area contributed by atoms with Crippen LogP contribution < -0.4 is 0 Å². The van der Waals surface area contributed by atoms with Gasteiger partial charge in [0.1, 0.15) is 0 Å². The highest BCUT2D eigenvalue weighted by Crippen LogP contribution is 2.21. The zero-order valence-electron chi connectivity index (χ0n) is 11.5. The van der Waals surface area contributed by atoms with Crippen LogP contribution in [0.4, 0.5) is 0 Å². The number of ether oxygens (including phenoxy) is 1. The second-order valence-electron chi connectivity index (χ2n) is 4.60. The van der Waals surface area contributed by atoms with Gasteiger partial charge in [0.2, 0.25) is 0 Å². The van der Waals surface area contributed by atoms with Crippen molar-refractivity contribution >= 4 is 29.0 Å². The first-order valence-electron chi connectivity index (χ1n) is 6.17. The molecule has 0 N–H and O–H groups in total. The van der Waals surface area contributed by atoms with E-state index in [0.29, 0.717) is 35.3 Å². The fraction of sp³-hybridized carbons (Fsp3) is 0.500. The van der Waals surface area contributed by atoms with Gasteiger partial charge in [0.15, 0.2) is 5.78 Å². The van der Waals surface area contributed by atoms with Gasteiger partial charge in [-0.1, -0.05) is 23.2 Å². The maximum absolute atomic E-state index is 12.3. The van der Waals surface area contributed by atoms with E-state index in [-0.39, 0.29) is 11.8 Å². The van der Waals surface area contributed by atoms with Gasteiger partial charge in [-0.25, -0.2) is 0 Å². The van der Waals surface area contributed by atoms with Gasteiger partial charge in [-0.05, 0) is 32.0 Å². The fourth-order valence-corrected chi connectivity index (χ4v) is 2.10. The molecule has 0 fully saturated rings. The van der Waals surface area contributed by atoms with Crippen molar-refractivity contribution in [2.24, 2.45) is 0 Å². The highest BCUT2D eigenvalue weighted by atomic mass is 35.5. The predicted molar refractivity (Wildman–Crippen MR) is 79.4 cm³/mol. The number of Topliss-reactive ketones (excluding diaryl/α,β-unsaturated/α-hetero) is 1. The lowest BCUT2D eigenvalue weighted by molar-refractivity contribution is 0.0852. The molecule has 0 radical (unpaired) electrons. The summed E-state index contributed by atoms with van der Waals surface area (Å²) in [7, 11) is 1.65. The minimum atomic E-state index is -0.0303. The highest BCUT2D eigenvalue weighted by Gasteiger charge is 2.17. The molecule has 0 amide bonds. The van der Waals surface area contributed by atoms with E-state index in [0.717, 1.165) is 0 Å². The van der Waals surface area contributed by atoms with Crippen molar-refractivity contribution in [1.29, 1.82) is 0 Å². The highest BCUT2D eigenvalue weighted by molar-refractivity contribution is 6.36. The molecule has 1 aromatic carbocycles. The maximum atomic E-state index is 12.3. The molecule has 1 aromatic rings. The van der Waals surface area contributed by atoms with E-state index < -0.39 is 0 Å². The Bertz CT molecular complexity index is 435. The fourth-order valence-electron chi connectivity index (χ4n) is 1.71. The molecule has 0 atom stereocenters. The van der Waals surface area contributed by atoms with Gasteiger partial charge in [-0.15, -0.1) is 0 Å². The van der Waals surface area contributed by atoms with Crippen molar-refractivity contribution in [3.8, 4) is 0 Å². The topological polar surface area (TPSA) is 29.5 Å². The summed E-state index contributed by atoms with van der Waals surface area (Å²) >= 11 is 11.9. The molecule has 0 aliphatic heterocycles. The molecule has 0 aliphatic carbocycles. The number of carbonyl (C=O) groups is 1. The van der Waals surface area contributed by atoms with Crippen molar-refractivity contribution in [2.45, 2.75) is 19.9 Å². The minimum Gasteiger partial charge on any atom is -0.383 e. The van der Waals surface area contributed by atoms with Gasteiger partial charge in [0, 0.05) is 30.3 Å². The minimum absolute atomic E-state index is 0.0303. The molecule has 5 heteroatoms. The summed E-state index contributed by atoms with van der Waals surface area (Å²) in [5.74, 6) is -0.0303. The van der Waals surface area contributed by atoms with E-state index in [1.165, 1.54) is 0 Å². The van der Waals surface area contributed by atoms with E-state index in [9.17, 15) is 4.79 Å². The zero-order chi connectivity index (χ0) is 14.4. The SMILES string of the molecule is COCCN(CC(=O)c1cc(Cl)ccc1Cl)C(C)C. The molecule has 0 aromatic heterocycles. The molecule has 0 aliphatic rings. The Kier molecular flexibility index (Phi) is 6.80. The number of carbonyl (C=O) groups excluding carboxylic acids is 1. The second-order valence-corrected chi connectivity index (χ2v) is 5.45. The Morgan fingerprint density at radius 1 is 1.37 bits per heavy atom. The van der Waals surface area contributed by atoms with Crippen molar-refractivity contribution in [1.82, 2.24) is 4.90 Å². The zero-order valence-corrected chi connectivity index (χ0v) is 13.0. The quantitative estimate of drug-likeness (QED) is 0.722. The summed E-state index contributed by atoms with van der Waals surface area (Å²) in [6.07, 6.45) is 0. The number of nitrogens with zero attached hydrogens (tertiary/aromatic N) is 1. The summed E-state index contributed by atoms with van der Waals surface area (Å²) < 4.78 is 5.05. The summed E-state index contributed by atoms with van der Waals surface area (Å²) in [5, 5.41) is 0.950. The molecule has 0 spiro atoms. The Labute approximate surface area is 124 Å². The Morgan fingerprint density at radius 2 is 2.05 bits per heavy atom. The van der Waals surface area contributed by atoms with Crippen LogP contribution in [0.1, 0.15) is 24.2 Å². The van der Waals surface area contributed by atoms with E-state index in [2.05, 4.69) is 0 Å². The van der Waals surface area contributed by atoms with Crippen LogP contribution >= 0.6 is 23.2 Å². The number of hydrogen-bond acceptors (Lipinski definition) is 3. The van der Waals surface area contributed by atoms with Crippen LogP contribution in [0.3, 0.4) is 0 Å². The van der Waals surface area contributed by atoms with Gasteiger partial charge in [0.05, 0.1) is 18.2 Å². The van der Waals surface area contributed by atoms with E-state index >= 15 is 0 Å². The number of hydrogen-bond donors (Lipinski definition) is 0. The Morgan fingerprint density at radius 3 is 2.63 bits per heavy atom. The lowest BCUT2D eigenvalue weighted by Gasteiger charge is -2.25. The molecule has 0 heterocycles. The molecule has 3 nitrogen and oxygen atoms in total. The summed E-state index contributed by atoms with van der Waals surface area (Å²) in [6, 6.07) is 5.19. The predicted octanol–water partition coefficient (Wildman–Crippen LogP) is 3.53. The lowest BCUT2D eigenvalue weighted by Crippen LogP contribution is -2.38. The average Bonchev–Trinajstić information content (AvgIpc) is 2.36. The van der Waals surface area contributed by atoms with Crippen molar-refractivity contribution in [3.63, 3.8) is 0 Å². The molecule has 0 saturated heterocycles. The van der Waals surface area contributed by atoms with Crippen molar-refractivity contribution in [2.75, 3.05) is 26.8 Å². The molecule has 19 heavy (non-hydrogen) atoms. The first-order valence-corrected chi connectivity index (χ1v) is 6.92. The normalized spacial score (nSPS) is 11.3. The summed E-state index contributed by atoms with van der Waals surface area (Å²) in [4.78, 5) is 14.3. The van der Waals surface area contributed by atoms with Crippen LogP contribution in [-0.4, -0.2) is 43.5 Å². The van der Waals surface area contributed by atoms with Crippen molar-refractivity contribution < 1.29 is 9.53 Å². The molecular formula is C14H19Cl2NO2. The average molecular weight is 304 g/mol. The van der Waals surface area contributed by atoms with Gasteiger partial charge in [0.25, 0.3) is 0 Å². The van der Waals surface area contributed by atoms with Gasteiger partial charge >= 0.3 is 0 Å². The van der Waals surface area contributed by atoms with Crippen molar-refractivity contribution in [3.05, 3.63) is 33.8 Å². The van der Waals surface area contributed by atoms with Gasteiger partial charge in [-0.3, -0.25) is 9.69 Å². The van der Waals surface area contributed by atoms with E-state index in [1.807, 2.05) is 18.7 Å². The lowest BCUT2D eigenvalue weighted by atomic mass is 10.1. The standard InChI is InChI=1S/C14H19Cl2NO2/c1-10(2)17(6-7-19-3)9-14(18)12-8-11(15)4-5-13(12)16/h4-5,8,10H,6-7,9H2,1-3H3. The summed E-state index contributed by atoms with van der Waals surface area (Å²) in [5.41, 5.74) is 0.470. The van der Waals surface area contributed by atoms with Crippen LogP contribution in [0.25, 0.3) is 0 Å². The first kappa shape index (κ1) is 16.4. The van der Waals surface area contributed by atoms with Gasteiger partial charge in [-0.2, -0.15) is 0 Å². The molecule has 1 rings (SSSR count). The van der Waals surface area contributed by atoms with E-state index in [4.69, 9.17) is 27.9 Å². The molecule has 0 unspecified atom stereocenters. The summed E-state index contributed by atoms with van der Waals surface area (Å²) in [6.45, 7) is 5.69. The van der Waals surface area contributed by atoms with Gasteiger partial charge < -0.3 is 4.74 Å². The molecule has 106 valence electrons. The van der Waals surface area contributed by atoms with Crippen LogP contribution in [0.15, 0.2) is 18.2 Å². The Hall–Kier alpha value is -0.610. The molecular weight excluding hydrogens is 285 g/mol. The number of rotatable bonds is 7. The Balaban J connectivity index is 2.78. The van der Waals surface area contributed by atoms with Crippen LogP contribution in [0, 0.1) is 0 Å². The maximum Gasteiger partial charge on any atom is 0.178 e. The largest absolute Gasteiger partial charge is 0.383 e. The first-order chi connectivity index (χ1) is 8.95. The number of benzene rings is 1. The smallest absolute Gasteiger partial charge is 0.178 e. The molecule has 0 bridgehead atoms. The third-order valence-electron chi connectivity index (χ3n) is 2.89. The monoisotopic (exact) mass is 303 g/mol. The second kappa shape index (κ2) is 7.85. The number of methoxy groups -OCH3 is 1. The number of halogens is 2. The number of ketones is 1. The third-order valence-corrected chi connectivity index (χ3v) is 3.45. The van der Waals surface area contributed by atoms with Crippen LogP contribution in [0.5, 0.6) is 0 Å². The third kappa shape index (κ3) is 5.11. The molecule has 0 saturated carbocycles.